The van der Waals surface area contributed by atoms with E-state index in [2.05, 4.69) is 46.7 Å². The molecule has 0 spiro atoms. The van der Waals surface area contributed by atoms with Crippen molar-refractivity contribution in [1.82, 2.24) is 5.32 Å². The van der Waals surface area contributed by atoms with Gasteiger partial charge in [0.15, 0.2) is 0 Å². The van der Waals surface area contributed by atoms with Gasteiger partial charge >= 0.3 is 0 Å². The summed E-state index contributed by atoms with van der Waals surface area (Å²) in [5, 5.41) is 10.2. The summed E-state index contributed by atoms with van der Waals surface area (Å²) in [5.74, 6) is 0. The number of hydrogen-bond acceptors (Lipinski definition) is 3. The van der Waals surface area contributed by atoms with E-state index in [1.807, 2.05) is 13.0 Å². The van der Waals surface area contributed by atoms with Gasteiger partial charge in [0.2, 0.25) is 0 Å². The van der Waals surface area contributed by atoms with Gasteiger partial charge in [-0.15, -0.1) is 0 Å². The Kier molecular flexibility index (Phi) is 4.97. The second kappa shape index (κ2) is 6.97. The zero-order valence-corrected chi connectivity index (χ0v) is 11.0. The average molecular weight is 243 g/mol. The lowest BCUT2D eigenvalue weighted by molar-refractivity contribution is 0.666. The molecule has 2 rings (SSSR count). The van der Waals surface area contributed by atoms with E-state index in [-0.39, 0.29) is 0 Å². The number of benzene rings is 1. The highest BCUT2D eigenvalue weighted by molar-refractivity contribution is 5.86. The number of hydrazone groups is 1. The standard InChI is InChI=1S/C15H21N3/c1-2-3-13-18(15-7-5-4-6-8-15)17-14-9-11-16-12-10-14/h2-8,16H,9-13H2,1H3/b3-2+. The molecule has 3 nitrogen and oxygen atoms in total. The average Bonchev–Trinajstić information content (AvgIpc) is 2.45. The zero-order chi connectivity index (χ0) is 12.6. The first-order valence-corrected chi connectivity index (χ1v) is 6.61. The predicted octanol–water partition coefficient (Wildman–Crippen LogP) is 2.81. The molecule has 0 saturated carbocycles. The smallest absolute Gasteiger partial charge is 0.0597 e. The van der Waals surface area contributed by atoms with Gasteiger partial charge in [-0.1, -0.05) is 30.4 Å². The summed E-state index contributed by atoms with van der Waals surface area (Å²) in [6.07, 6.45) is 6.31. The van der Waals surface area contributed by atoms with Gasteiger partial charge in [-0.05, 0) is 19.1 Å². The molecular formula is C15H21N3. The van der Waals surface area contributed by atoms with Crippen LogP contribution in [0.25, 0.3) is 0 Å². The fourth-order valence-corrected chi connectivity index (χ4v) is 2.00. The van der Waals surface area contributed by atoms with Crippen molar-refractivity contribution in [1.29, 1.82) is 0 Å². The van der Waals surface area contributed by atoms with E-state index in [1.54, 1.807) is 0 Å². The minimum atomic E-state index is 0.831. The fraction of sp³-hybridized carbons (Fsp3) is 0.400. The summed E-state index contributed by atoms with van der Waals surface area (Å²) in [4.78, 5) is 0. The minimum Gasteiger partial charge on any atom is -0.316 e. The molecule has 0 bridgehead atoms. The quantitative estimate of drug-likeness (QED) is 0.650. The van der Waals surface area contributed by atoms with Crippen LogP contribution in [0.5, 0.6) is 0 Å². The Morgan fingerprint density at radius 1 is 1.22 bits per heavy atom. The molecule has 1 aliphatic heterocycles. The number of nitrogens with one attached hydrogen (secondary N) is 1. The number of hydrogen-bond donors (Lipinski definition) is 1. The highest BCUT2D eigenvalue weighted by Gasteiger charge is 2.09. The largest absolute Gasteiger partial charge is 0.316 e. The molecular weight excluding hydrogens is 222 g/mol. The normalized spacial score (nSPS) is 15.9. The number of piperidine rings is 1. The van der Waals surface area contributed by atoms with Crippen molar-refractivity contribution in [2.24, 2.45) is 5.10 Å². The SMILES string of the molecule is C/C=C/CN(N=C1CCNCC1)c1ccccc1. The van der Waals surface area contributed by atoms with Crippen LogP contribution >= 0.6 is 0 Å². The number of para-hydroxylation sites is 1. The lowest BCUT2D eigenvalue weighted by Gasteiger charge is -2.21. The van der Waals surface area contributed by atoms with Crippen LogP contribution in [-0.4, -0.2) is 25.3 Å². The highest BCUT2D eigenvalue weighted by atomic mass is 15.5. The van der Waals surface area contributed by atoms with E-state index >= 15 is 0 Å². The molecule has 0 atom stereocenters. The third-order valence-electron chi connectivity index (χ3n) is 3.01. The first-order valence-electron chi connectivity index (χ1n) is 6.61. The van der Waals surface area contributed by atoms with Crippen LogP contribution in [0, 0.1) is 0 Å². The molecule has 1 aromatic carbocycles. The maximum Gasteiger partial charge on any atom is 0.0597 e. The van der Waals surface area contributed by atoms with Gasteiger partial charge in [-0.2, -0.15) is 5.10 Å². The van der Waals surface area contributed by atoms with Crippen molar-refractivity contribution in [3.63, 3.8) is 0 Å². The molecule has 96 valence electrons. The monoisotopic (exact) mass is 243 g/mol. The molecule has 18 heavy (non-hydrogen) atoms. The molecule has 1 heterocycles. The Labute approximate surface area is 109 Å². The number of nitrogens with zero attached hydrogens (tertiary/aromatic N) is 2. The summed E-state index contributed by atoms with van der Waals surface area (Å²) in [5.41, 5.74) is 2.45. The van der Waals surface area contributed by atoms with E-state index in [1.165, 1.54) is 5.71 Å². The van der Waals surface area contributed by atoms with Crippen molar-refractivity contribution in [2.75, 3.05) is 24.6 Å². The van der Waals surface area contributed by atoms with Crippen LogP contribution in [0.15, 0.2) is 47.6 Å². The van der Waals surface area contributed by atoms with Crippen molar-refractivity contribution in [3.8, 4) is 0 Å². The molecule has 1 aromatic rings. The molecule has 0 aromatic heterocycles. The number of anilines is 1. The summed E-state index contributed by atoms with van der Waals surface area (Å²) in [6, 6.07) is 10.4. The molecule has 0 aliphatic carbocycles. The molecule has 3 heteroatoms. The van der Waals surface area contributed by atoms with Crippen molar-refractivity contribution in [2.45, 2.75) is 19.8 Å². The summed E-state index contributed by atoms with van der Waals surface area (Å²) in [6.45, 7) is 4.97. The topological polar surface area (TPSA) is 27.6 Å². The number of rotatable bonds is 4. The minimum absolute atomic E-state index is 0.831. The molecule has 1 fully saturated rings. The highest BCUT2D eigenvalue weighted by Crippen LogP contribution is 2.15. The second-order valence-electron chi connectivity index (χ2n) is 4.40. The van der Waals surface area contributed by atoms with E-state index in [4.69, 9.17) is 5.10 Å². The molecule has 0 amide bonds. The molecule has 1 saturated heterocycles. The van der Waals surface area contributed by atoms with Gasteiger partial charge in [-0.3, -0.25) is 5.01 Å². The van der Waals surface area contributed by atoms with Gasteiger partial charge < -0.3 is 5.32 Å². The lowest BCUT2D eigenvalue weighted by Crippen LogP contribution is -2.30. The first-order chi connectivity index (χ1) is 8.90. The predicted molar refractivity (Wildman–Crippen MR) is 78.1 cm³/mol. The summed E-state index contributed by atoms with van der Waals surface area (Å²) < 4.78 is 0. The van der Waals surface area contributed by atoms with Crippen LogP contribution in [0.2, 0.25) is 0 Å². The third kappa shape index (κ3) is 3.70. The van der Waals surface area contributed by atoms with Gasteiger partial charge in [0.1, 0.15) is 0 Å². The van der Waals surface area contributed by atoms with Crippen LogP contribution < -0.4 is 10.3 Å². The maximum absolute atomic E-state index is 4.80. The maximum atomic E-state index is 4.80. The Bertz CT molecular complexity index is 401. The number of allylic oxidation sites excluding steroid dienone is 1. The van der Waals surface area contributed by atoms with Crippen molar-refractivity contribution < 1.29 is 0 Å². The summed E-state index contributed by atoms with van der Waals surface area (Å²) in [7, 11) is 0. The van der Waals surface area contributed by atoms with E-state index in [0.717, 1.165) is 38.2 Å². The van der Waals surface area contributed by atoms with Crippen LogP contribution in [0.1, 0.15) is 19.8 Å². The molecule has 0 radical (unpaired) electrons. The lowest BCUT2D eigenvalue weighted by atomic mass is 10.1. The van der Waals surface area contributed by atoms with Gasteiger partial charge in [0.05, 0.1) is 12.2 Å². The van der Waals surface area contributed by atoms with Crippen molar-refractivity contribution in [3.05, 3.63) is 42.5 Å². The first kappa shape index (κ1) is 12.8. The summed E-state index contributed by atoms with van der Waals surface area (Å²) >= 11 is 0. The molecule has 0 unspecified atom stereocenters. The third-order valence-corrected chi connectivity index (χ3v) is 3.01. The Morgan fingerprint density at radius 3 is 2.61 bits per heavy atom. The second-order valence-corrected chi connectivity index (χ2v) is 4.40. The van der Waals surface area contributed by atoms with Crippen LogP contribution in [0.3, 0.4) is 0 Å². The van der Waals surface area contributed by atoms with Gasteiger partial charge in [0, 0.05) is 31.6 Å². The Hall–Kier alpha value is -1.61. The van der Waals surface area contributed by atoms with Crippen molar-refractivity contribution >= 4 is 11.4 Å². The van der Waals surface area contributed by atoms with Gasteiger partial charge in [0.25, 0.3) is 0 Å². The van der Waals surface area contributed by atoms with Crippen LogP contribution in [-0.2, 0) is 0 Å². The molecule has 1 aliphatic rings. The van der Waals surface area contributed by atoms with E-state index in [9.17, 15) is 0 Å². The molecule has 1 N–H and O–H groups in total. The van der Waals surface area contributed by atoms with Crippen LogP contribution in [0.4, 0.5) is 5.69 Å². The zero-order valence-electron chi connectivity index (χ0n) is 11.0. The Balaban J connectivity index is 2.14. The fourth-order valence-electron chi connectivity index (χ4n) is 2.00. The Morgan fingerprint density at radius 2 is 1.94 bits per heavy atom. The van der Waals surface area contributed by atoms with Gasteiger partial charge in [-0.25, -0.2) is 0 Å². The van der Waals surface area contributed by atoms with E-state index < -0.39 is 0 Å². The van der Waals surface area contributed by atoms with E-state index in [0.29, 0.717) is 0 Å².